The van der Waals surface area contributed by atoms with Crippen molar-refractivity contribution in [2.75, 3.05) is 0 Å². The van der Waals surface area contributed by atoms with Gasteiger partial charge in [-0.05, 0) is 24.3 Å². The Morgan fingerprint density at radius 2 is 2.05 bits per heavy atom. The summed E-state index contributed by atoms with van der Waals surface area (Å²) < 4.78 is 2.09. The Balaban J connectivity index is 1.52. The minimum Gasteiger partial charge on any atom is -0.295 e. The minimum atomic E-state index is 0.803. The second-order valence-electron chi connectivity index (χ2n) is 4.68. The Bertz CT molecular complexity index is 899. The van der Waals surface area contributed by atoms with Gasteiger partial charge in [-0.2, -0.15) is 0 Å². The van der Waals surface area contributed by atoms with Crippen molar-refractivity contribution >= 4 is 28.6 Å². The molecule has 4 heterocycles. The van der Waals surface area contributed by atoms with Crippen LogP contribution in [0.4, 0.5) is 0 Å². The van der Waals surface area contributed by atoms with Gasteiger partial charge in [-0.3, -0.25) is 9.38 Å². The molecular formula is C16H12N4S2. The Hall–Kier alpha value is -2.18. The number of pyridine rings is 2. The lowest BCUT2D eigenvalue weighted by Crippen LogP contribution is -1.88. The quantitative estimate of drug-likeness (QED) is 0.529. The Labute approximate surface area is 135 Å². The summed E-state index contributed by atoms with van der Waals surface area (Å²) in [7, 11) is 0. The molecule has 4 nitrogen and oxygen atoms in total. The third-order valence-electron chi connectivity index (χ3n) is 3.19. The van der Waals surface area contributed by atoms with Crippen LogP contribution in [0.15, 0.2) is 65.5 Å². The second-order valence-corrected chi connectivity index (χ2v) is 6.48. The first kappa shape index (κ1) is 13.5. The molecule has 0 aromatic carbocycles. The van der Waals surface area contributed by atoms with Gasteiger partial charge in [0, 0.05) is 23.5 Å². The minimum absolute atomic E-state index is 0.803. The summed E-state index contributed by atoms with van der Waals surface area (Å²) in [5.41, 5.74) is 3.09. The van der Waals surface area contributed by atoms with E-state index in [1.54, 1.807) is 29.3 Å². The highest BCUT2D eigenvalue weighted by Crippen LogP contribution is 2.26. The molecule has 0 saturated heterocycles. The van der Waals surface area contributed by atoms with Gasteiger partial charge in [0.2, 0.25) is 0 Å². The molecule has 0 saturated carbocycles. The zero-order chi connectivity index (χ0) is 14.8. The van der Waals surface area contributed by atoms with Gasteiger partial charge in [0.05, 0.1) is 23.1 Å². The molecule has 0 fully saturated rings. The third kappa shape index (κ3) is 2.63. The number of hydrogen-bond donors (Lipinski definition) is 0. The van der Waals surface area contributed by atoms with Gasteiger partial charge in [0.25, 0.3) is 0 Å². The highest BCUT2D eigenvalue weighted by atomic mass is 32.2. The summed E-state index contributed by atoms with van der Waals surface area (Å²) >= 11 is 3.32. The number of fused-ring (bicyclic) bond motifs is 1. The number of rotatable bonds is 4. The van der Waals surface area contributed by atoms with Gasteiger partial charge in [-0.1, -0.05) is 23.9 Å². The van der Waals surface area contributed by atoms with Crippen molar-refractivity contribution < 1.29 is 0 Å². The lowest BCUT2D eigenvalue weighted by molar-refractivity contribution is 0.956. The van der Waals surface area contributed by atoms with Crippen LogP contribution in [0.25, 0.3) is 16.2 Å². The number of imidazole rings is 1. The first-order valence-electron chi connectivity index (χ1n) is 6.81. The molecule has 108 valence electrons. The van der Waals surface area contributed by atoms with Gasteiger partial charge in [-0.15, -0.1) is 11.3 Å². The van der Waals surface area contributed by atoms with E-state index in [9.17, 15) is 0 Å². The molecule has 0 amide bonds. The Morgan fingerprint density at radius 3 is 2.95 bits per heavy atom. The van der Waals surface area contributed by atoms with Gasteiger partial charge in [0.15, 0.2) is 5.16 Å². The van der Waals surface area contributed by atoms with E-state index in [0.29, 0.717) is 0 Å². The maximum Gasteiger partial charge on any atom is 0.172 e. The predicted octanol–water partition coefficient (Wildman–Crippen LogP) is 4.15. The van der Waals surface area contributed by atoms with E-state index in [1.807, 2.05) is 42.7 Å². The Kier molecular flexibility index (Phi) is 3.62. The van der Waals surface area contributed by atoms with Crippen molar-refractivity contribution in [1.82, 2.24) is 19.4 Å². The van der Waals surface area contributed by atoms with Crippen LogP contribution in [0.2, 0.25) is 0 Å². The van der Waals surface area contributed by atoms with Crippen molar-refractivity contribution in [2.24, 2.45) is 0 Å². The van der Waals surface area contributed by atoms with E-state index >= 15 is 0 Å². The molecule has 22 heavy (non-hydrogen) atoms. The van der Waals surface area contributed by atoms with Crippen molar-refractivity contribution in [3.63, 3.8) is 0 Å². The van der Waals surface area contributed by atoms with E-state index in [1.165, 1.54) is 0 Å². The average molecular weight is 324 g/mol. The van der Waals surface area contributed by atoms with Crippen molar-refractivity contribution in [3.8, 4) is 10.7 Å². The van der Waals surface area contributed by atoms with Crippen LogP contribution in [-0.4, -0.2) is 19.4 Å². The van der Waals surface area contributed by atoms with Crippen molar-refractivity contribution in [2.45, 2.75) is 10.9 Å². The molecule has 0 unspecified atom stereocenters. The molecule has 4 aromatic rings. The van der Waals surface area contributed by atoms with Crippen LogP contribution in [0.1, 0.15) is 5.69 Å². The van der Waals surface area contributed by atoms with Crippen LogP contribution in [-0.2, 0) is 5.75 Å². The summed E-state index contributed by atoms with van der Waals surface area (Å²) in [5, 5.41) is 4.04. The van der Waals surface area contributed by atoms with Gasteiger partial charge in [0.1, 0.15) is 5.01 Å². The average Bonchev–Trinajstić information content (AvgIpc) is 3.21. The number of nitrogens with zero attached hydrogens (tertiary/aromatic N) is 4. The Morgan fingerprint density at radius 1 is 1.09 bits per heavy atom. The zero-order valence-corrected chi connectivity index (χ0v) is 13.2. The van der Waals surface area contributed by atoms with Gasteiger partial charge in [-0.25, -0.2) is 9.97 Å². The summed E-state index contributed by atoms with van der Waals surface area (Å²) in [6.07, 6.45) is 5.72. The third-order valence-corrected chi connectivity index (χ3v) is 5.10. The lowest BCUT2D eigenvalue weighted by Gasteiger charge is -1.99. The first-order valence-corrected chi connectivity index (χ1v) is 8.67. The van der Waals surface area contributed by atoms with Gasteiger partial charge < -0.3 is 0 Å². The molecule has 0 radical (unpaired) electrons. The normalized spacial score (nSPS) is 11.1. The summed E-state index contributed by atoms with van der Waals surface area (Å²) in [6, 6.07) is 12.0. The molecule has 4 aromatic heterocycles. The molecule has 0 spiro atoms. The van der Waals surface area contributed by atoms with Gasteiger partial charge >= 0.3 is 0 Å². The van der Waals surface area contributed by atoms with E-state index in [4.69, 9.17) is 0 Å². The van der Waals surface area contributed by atoms with Crippen LogP contribution in [0.3, 0.4) is 0 Å². The van der Waals surface area contributed by atoms with Crippen LogP contribution in [0, 0.1) is 0 Å². The van der Waals surface area contributed by atoms with Crippen molar-refractivity contribution in [1.29, 1.82) is 0 Å². The molecule has 0 aliphatic rings. The number of thiazole rings is 1. The molecule has 0 N–H and O–H groups in total. The maximum atomic E-state index is 4.66. The topological polar surface area (TPSA) is 43.1 Å². The number of aromatic nitrogens is 4. The van der Waals surface area contributed by atoms with E-state index in [0.717, 1.165) is 32.8 Å². The van der Waals surface area contributed by atoms with E-state index in [2.05, 4.69) is 30.8 Å². The zero-order valence-electron chi connectivity index (χ0n) is 11.6. The number of hydrogen-bond acceptors (Lipinski definition) is 5. The van der Waals surface area contributed by atoms with Crippen LogP contribution >= 0.6 is 23.1 Å². The molecule has 0 aliphatic heterocycles. The van der Waals surface area contributed by atoms with E-state index < -0.39 is 0 Å². The van der Waals surface area contributed by atoms with Crippen LogP contribution < -0.4 is 0 Å². The highest BCUT2D eigenvalue weighted by molar-refractivity contribution is 7.98. The highest BCUT2D eigenvalue weighted by Gasteiger charge is 2.08. The fourth-order valence-electron chi connectivity index (χ4n) is 2.14. The summed E-state index contributed by atoms with van der Waals surface area (Å²) in [4.78, 5) is 13.5. The maximum absolute atomic E-state index is 4.66. The molecule has 0 aliphatic carbocycles. The largest absolute Gasteiger partial charge is 0.295 e. The molecule has 0 bridgehead atoms. The number of thioether (sulfide) groups is 1. The fraction of sp³-hybridized carbons (Fsp3) is 0.0625. The summed E-state index contributed by atoms with van der Waals surface area (Å²) in [6.45, 7) is 0. The SMILES string of the molecule is c1ccc(-c2nc(CSc3ncc4ccccn34)cs2)nc1. The molecule has 6 heteroatoms. The lowest BCUT2D eigenvalue weighted by atomic mass is 10.4. The van der Waals surface area contributed by atoms with Crippen molar-refractivity contribution in [3.05, 3.63) is 66.1 Å². The smallest absolute Gasteiger partial charge is 0.172 e. The predicted molar refractivity (Wildman–Crippen MR) is 90.1 cm³/mol. The fourth-order valence-corrected chi connectivity index (χ4v) is 3.90. The molecule has 4 rings (SSSR count). The molecule has 0 atom stereocenters. The molecular weight excluding hydrogens is 312 g/mol. The first-order chi connectivity index (χ1) is 10.9. The monoisotopic (exact) mass is 324 g/mol. The second kappa shape index (κ2) is 5.90. The summed E-state index contributed by atoms with van der Waals surface area (Å²) in [5.74, 6) is 0.803. The van der Waals surface area contributed by atoms with Crippen LogP contribution in [0.5, 0.6) is 0 Å². The van der Waals surface area contributed by atoms with E-state index in [-0.39, 0.29) is 0 Å². The standard InChI is InChI=1S/C16H12N4S2/c1-3-7-17-14(6-1)15-19-12(10-21-15)11-22-16-18-9-13-5-2-4-8-20(13)16/h1-10H,11H2.